The van der Waals surface area contributed by atoms with Gasteiger partial charge in [0, 0.05) is 23.6 Å². The van der Waals surface area contributed by atoms with Crippen molar-refractivity contribution in [2.75, 3.05) is 7.11 Å². The average Bonchev–Trinajstić information content (AvgIpc) is 2.96. The fourth-order valence-electron chi connectivity index (χ4n) is 2.30. The normalized spacial score (nSPS) is 10.6. The van der Waals surface area contributed by atoms with Crippen LogP contribution in [0.5, 0.6) is 5.75 Å². The van der Waals surface area contributed by atoms with Crippen molar-refractivity contribution in [3.05, 3.63) is 65.6 Å². The molecule has 1 aromatic heterocycles. The van der Waals surface area contributed by atoms with E-state index in [4.69, 9.17) is 4.74 Å². The van der Waals surface area contributed by atoms with Gasteiger partial charge in [0.2, 0.25) is 0 Å². The van der Waals surface area contributed by atoms with Crippen LogP contribution in [-0.4, -0.2) is 18.0 Å². The average molecular weight is 298 g/mol. The highest BCUT2D eigenvalue weighted by molar-refractivity contribution is 6.06. The minimum absolute atomic E-state index is 0.243. The predicted octanol–water partition coefficient (Wildman–Crippen LogP) is 3.25. The van der Waals surface area contributed by atoms with Crippen molar-refractivity contribution in [3.8, 4) is 5.75 Å². The summed E-state index contributed by atoms with van der Waals surface area (Å²) >= 11 is 0. The molecule has 0 aliphatic heterocycles. The Hall–Kier alpha value is -2.82. The number of amides is 1. The van der Waals surface area contributed by atoms with Crippen LogP contribution in [0.3, 0.4) is 0 Å². The molecule has 4 nitrogen and oxygen atoms in total. The van der Waals surface area contributed by atoms with Crippen LogP contribution in [0.2, 0.25) is 0 Å². The smallest absolute Gasteiger partial charge is 0.253 e. The number of ether oxygens (including phenoxy) is 1. The third kappa shape index (κ3) is 2.79. The standard InChI is InChI=1S/C17H15FN2O2/c1-22-13-5-2-11(3-6-13)9-20-17(21)15-10-19-16-7-4-12(18)8-14(15)16/h2-8,10,19H,9H2,1H3,(H,20,21). The van der Waals surface area contributed by atoms with Crippen LogP contribution < -0.4 is 10.1 Å². The Kier molecular flexibility index (Phi) is 3.78. The molecule has 0 spiro atoms. The van der Waals surface area contributed by atoms with Gasteiger partial charge in [-0.3, -0.25) is 4.79 Å². The van der Waals surface area contributed by atoms with E-state index in [0.29, 0.717) is 17.5 Å². The topological polar surface area (TPSA) is 54.1 Å². The summed E-state index contributed by atoms with van der Waals surface area (Å²) in [6.45, 7) is 0.394. The van der Waals surface area contributed by atoms with E-state index in [1.54, 1.807) is 19.4 Å². The van der Waals surface area contributed by atoms with Gasteiger partial charge in [-0.05, 0) is 35.9 Å². The number of hydrogen-bond donors (Lipinski definition) is 2. The van der Waals surface area contributed by atoms with Crippen molar-refractivity contribution in [3.63, 3.8) is 0 Å². The van der Waals surface area contributed by atoms with Crippen molar-refractivity contribution in [2.24, 2.45) is 0 Å². The summed E-state index contributed by atoms with van der Waals surface area (Å²) in [5.41, 5.74) is 2.12. The molecule has 0 fully saturated rings. The van der Waals surface area contributed by atoms with Gasteiger partial charge >= 0.3 is 0 Å². The molecule has 3 rings (SSSR count). The van der Waals surface area contributed by atoms with Crippen molar-refractivity contribution in [2.45, 2.75) is 6.54 Å². The van der Waals surface area contributed by atoms with Crippen LogP contribution >= 0.6 is 0 Å². The van der Waals surface area contributed by atoms with Gasteiger partial charge in [0.05, 0.1) is 12.7 Å². The first kappa shape index (κ1) is 14.1. The molecule has 22 heavy (non-hydrogen) atoms. The molecule has 1 amide bonds. The quantitative estimate of drug-likeness (QED) is 0.777. The predicted molar refractivity (Wildman–Crippen MR) is 82.4 cm³/mol. The Balaban J connectivity index is 1.74. The van der Waals surface area contributed by atoms with Gasteiger partial charge in [-0.2, -0.15) is 0 Å². The maximum absolute atomic E-state index is 13.3. The molecule has 112 valence electrons. The molecule has 0 radical (unpaired) electrons. The number of fused-ring (bicyclic) bond motifs is 1. The Bertz CT molecular complexity index is 809. The number of carbonyl (C=O) groups is 1. The van der Waals surface area contributed by atoms with Crippen LogP contribution in [0.15, 0.2) is 48.7 Å². The van der Waals surface area contributed by atoms with Gasteiger partial charge < -0.3 is 15.0 Å². The lowest BCUT2D eigenvalue weighted by molar-refractivity contribution is 0.0952. The summed E-state index contributed by atoms with van der Waals surface area (Å²) in [6, 6.07) is 11.8. The Morgan fingerprint density at radius 1 is 1.23 bits per heavy atom. The Morgan fingerprint density at radius 3 is 2.73 bits per heavy atom. The molecule has 0 atom stereocenters. The third-order valence-corrected chi connectivity index (χ3v) is 3.50. The van der Waals surface area contributed by atoms with Crippen molar-refractivity contribution in [1.29, 1.82) is 0 Å². The summed E-state index contributed by atoms with van der Waals surface area (Å²) < 4.78 is 18.4. The van der Waals surface area contributed by atoms with E-state index in [1.165, 1.54) is 12.1 Å². The van der Waals surface area contributed by atoms with Crippen LogP contribution in [0.1, 0.15) is 15.9 Å². The molecule has 0 saturated heterocycles. The minimum Gasteiger partial charge on any atom is -0.497 e. The fraction of sp³-hybridized carbons (Fsp3) is 0.118. The van der Waals surface area contributed by atoms with E-state index >= 15 is 0 Å². The number of halogens is 1. The Labute approximate surface area is 126 Å². The van der Waals surface area contributed by atoms with Gasteiger partial charge in [-0.15, -0.1) is 0 Å². The zero-order valence-corrected chi connectivity index (χ0v) is 12.0. The first-order valence-corrected chi connectivity index (χ1v) is 6.85. The molecular formula is C17H15FN2O2. The zero-order chi connectivity index (χ0) is 15.5. The lowest BCUT2D eigenvalue weighted by atomic mass is 10.1. The van der Waals surface area contributed by atoms with Gasteiger partial charge in [-0.1, -0.05) is 12.1 Å². The lowest BCUT2D eigenvalue weighted by Crippen LogP contribution is -2.22. The third-order valence-electron chi connectivity index (χ3n) is 3.50. The molecule has 2 aromatic carbocycles. The van der Waals surface area contributed by atoms with Crippen LogP contribution in [0.4, 0.5) is 4.39 Å². The minimum atomic E-state index is -0.365. The van der Waals surface area contributed by atoms with E-state index in [0.717, 1.165) is 16.8 Å². The van der Waals surface area contributed by atoms with E-state index in [-0.39, 0.29) is 11.7 Å². The highest BCUT2D eigenvalue weighted by atomic mass is 19.1. The van der Waals surface area contributed by atoms with Crippen LogP contribution in [0.25, 0.3) is 10.9 Å². The number of methoxy groups -OCH3 is 1. The molecule has 0 aliphatic carbocycles. The molecular weight excluding hydrogens is 283 g/mol. The molecule has 2 N–H and O–H groups in total. The SMILES string of the molecule is COc1ccc(CNC(=O)c2c[nH]c3ccc(F)cc23)cc1. The number of nitrogens with one attached hydrogen (secondary N) is 2. The monoisotopic (exact) mass is 298 g/mol. The molecule has 5 heteroatoms. The van der Waals surface area contributed by atoms with E-state index in [1.807, 2.05) is 24.3 Å². The summed E-state index contributed by atoms with van der Waals surface area (Å²) in [5.74, 6) is 0.158. The van der Waals surface area contributed by atoms with Gasteiger partial charge in [0.15, 0.2) is 0 Å². The molecule has 1 heterocycles. The van der Waals surface area contributed by atoms with Crippen molar-refractivity contribution in [1.82, 2.24) is 10.3 Å². The van der Waals surface area contributed by atoms with Crippen LogP contribution in [0, 0.1) is 5.82 Å². The van der Waals surface area contributed by atoms with Gasteiger partial charge in [0.1, 0.15) is 11.6 Å². The summed E-state index contributed by atoms with van der Waals surface area (Å²) in [5, 5.41) is 3.40. The van der Waals surface area contributed by atoms with Crippen molar-refractivity contribution < 1.29 is 13.9 Å². The summed E-state index contributed by atoms with van der Waals surface area (Å²) in [6.07, 6.45) is 1.59. The number of carbonyl (C=O) groups excluding carboxylic acids is 1. The number of benzene rings is 2. The molecule has 0 aliphatic rings. The number of rotatable bonds is 4. The summed E-state index contributed by atoms with van der Waals surface area (Å²) in [4.78, 5) is 15.2. The summed E-state index contributed by atoms with van der Waals surface area (Å²) in [7, 11) is 1.60. The highest BCUT2D eigenvalue weighted by Gasteiger charge is 2.12. The molecule has 0 saturated carbocycles. The van der Waals surface area contributed by atoms with Gasteiger partial charge in [0.25, 0.3) is 5.91 Å². The van der Waals surface area contributed by atoms with Crippen molar-refractivity contribution >= 4 is 16.8 Å². The second kappa shape index (κ2) is 5.89. The maximum Gasteiger partial charge on any atom is 0.253 e. The molecule has 0 bridgehead atoms. The van der Waals surface area contributed by atoms with Crippen LogP contribution in [-0.2, 0) is 6.54 Å². The number of hydrogen-bond acceptors (Lipinski definition) is 2. The highest BCUT2D eigenvalue weighted by Crippen LogP contribution is 2.19. The second-order valence-corrected chi connectivity index (χ2v) is 4.92. The molecule has 0 unspecified atom stereocenters. The Morgan fingerprint density at radius 2 is 2.00 bits per heavy atom. The van der Waals surface area contributed by atoms with E-state index in [2.05, 4.69) is 10.3 Å². The number of H-pyrrole nitrogens is 1. The van der Waals surface area contributed by atoms with E-state index < -0.39 is 0 Å². The molecule has 3 aromatic rings. The van der Waals surface area contributed by atoms with Gasteiger partial charge in [-0.25, -0.2) is 4.39 Å². The number of aromatic amines is 1. The number of aromatic nitrogens is 1. The van der Waals surface area contributed by atoms with E-state index in [9.17, 15) is 9.18 Å². The second-order valence-electron chi connectivity index (χ2n) is 4.92. The first-order chi connectivity index (χ1) is 10.7. The maximum atomic E-state index is 13.3. The first-order valence-electron chi connectivity index (χ1n) is 6.85. The fourth-order valence-corrected chi connectivity index (χ4v) is 2.30. The lowest BCUT2D eigenvalue weighted by Gasteiger charge is -2.06. The zero-order valence-electron chi connectivity index (χ0n) is 12.0. The largest absolute Gasteiger partial charge is 0.497 e.